The summed E-state index contributed by atoms with van der Waals surface area (Å²) in [6.07, 6.45) is 2.27. The van der Waals surface area contributed by atoms with Crippen LogP contribution in [-0.2, 0) is 6.42 Å². The number of aromatic amines is 1. The van der Waals surface area contributed by atoms with Crippen LogP contribution in [-0.4, -0.2) is 10.8 Å². The van der Waals surface area contributed by atoms with Crippen molar-refractivity contribution in [2.75, 3.05) is 0 Å². The lowest BCUT2D eigenvalue weighted by Gasteiger charge is -2.03. The van der Waals surface area contributed by atoms with Crippen molar-refractivity contribution in [1.29, 1.82) is 0 Å². The molecule has 0 saturated heterocycles. The number of H-pyrrole nitrogens is 1. The minimum absolute atomic E-state index is 0.161. The van der Waals surface area contributed by atoms with Gasteiger partial charge in [-0.25, -0.2) is 0 Å². The Hall–Kier alpha value is -2.35. The van der Waals surface area contributed by atoms with Crippen LogP contribution in [0.3, 0.4) is 0 Å². The molecule has 0 unspecified atom stereocenters. The highest BCUT2D eigenvalue weighted by molar-refractivity contribution is 6.09. The average Bonchev–Trinajstić information content (AvgIpc) is 2.87. The van der Waals surface area contributed by atoms with Crippen LogP contribution >= 0.6 is 0 Å². The second-order valence-electron chi connectivity index (χ2n) is 5.29. The Labute approximate surface area is 118 Å². The first-order valence-corrected chi connectivity index (χ1v) is 6.80. The fourth-order valence-electron chi connectivity index (χ4n) is 2.57. The van der Waals surface area contributed by atoms with Crippen molar-refractivity contribution in [3.05, 3.63) is 70.9 Å². The third-order valence-corrected chi connectivity index (χ3v) is 3.70. The highest BCUT2D eigenvalue weighted by Gasteiger charge is 2.13. The molecule has 0 radical (unpaired) electrons. The van der Waals surface area contributed by atoms with Gasteiger partial charge in [0.25, 0.3) is 0 Å². The molecule has 100 valence electrons. The van der Waals surface area contributed by atoms with Gasteiger partial charge in [0.2, 0.25) is 0 Å². The number of nitrogens with one attached hydrogen (secondary N) is 1. The van der Waals surface area contributed by atoms with Crippen molar-refractivity contribution < 1.29 is 4.79 Å². The van der Waals surface area contributed by atoms with Crippen LogP contribution in [0.1, 0.15) is 27.0 Å². The summed E-state index contributed by atoms with van der Waals surface area (Å²) in [6.45, 7) is 4.09. The van der Waals surface area contributed by atoms with Gasteiger partial charge in [-0.15, -0.1) is 0 Å². The minimum atomic E-state index is 0.161. The van der Waals surface area contributed by atoms with Gasteiger partial charge in [-0.2, -0.15) is 0 Å². The number of carbonyl (C=O) groups is 1. The molecule has 0 amide bonds. The Morgan fingerprint density at radius 3 is 2.55 bits per heavy atom. The molecule has 0 aliphatic carbocycles. The van der Waals surface area contributed by atoms with Crippen molar-refractivity contribution in [2.45, 2.75) is 20.3 Å². The molecular weight excluding hydrogens is 246 g/mol. The molecule has 0 aliphatic rings. The molecule has 0 saturated carbocycles. The number of fused-ring (bicyclic) bond motifs is 1. The van der Waals surface area contributed by atoms with Crippen LogP contribution in [0.5, 0.6) is 0 Å². The van der Waals surface area contributed by atoms with Gasteiger partial charge in [0.15, 0.2) is 5.78 Å². The molecule has 3 aromatic rings. The van der Waals surface area contributed by atoms with Gasteiger partial charge < -0.3 is 4.98 Å². The summed E-state index contributed by atoms with van der Waals surface area (Å²) < 4.78 is 0. The molecular formula is C18H17NO. The van der Waals surface area contributed by atoms with E-state index < -0.39 is 0 Å². The zero-order valence-corrected chi connectivity index (χ0v) is 11.7. The number of rotatable bonds is 3. The Bertz CT molecular complexity index is 766. The summed E-state index contributed by atoms with van der Waals surface area (Å²) in [5.41, 5.74) is 5.22. The summed E-state index contributed by atoms with van der Waals surface area (Å²) >= 11 is 0. The molecule has 20 heavy (non-hydrogen) atoms. The second kappa shape index (κ2) is 4.97. The summed E-state index contributed by atoms with van der Waals surface area (Å²) in [7, 11) is 0. The smallest absolute Gasteiger partial charge is 0.169 e. The number of aryl methyl sites for hydroxylation is 2. The van der Waals surface area contributed by atoms with Crippen molar-refractivity contribution in [3.63, 3.8) is 0 Å². The zero-order chi connectivity index (χ0) is 14.1. The monoisotopic (exact) mass is 263 g/mol. The largest absolute Gasteiger partial charge is 0.360 e. The molecule has 0 aliphatic heterocycles. The molecule has 0 fully saturated rings. The van der Waals surface area contributed by atoms with Crippen LogP contribution in [0.25, 0.3) is 10.9 Å². The van der Waals surface area contributed by atoms with E-state index in [2.05, 4.69) is 11.9 Å². The molecule has 1 heterocycles. The fraction of sp³-hybridized carbons (Fsp3) is 0.167. The summed E-state index contributed by atoms with van der Waals surface area (Å²) in [4.78, 5) is 15.7. The van der Waals surface area contributed by atoms with Crippen LogP contribution in [0.4, 0.5) is 0 Å². The van der Waals surface area contributed by atoms with Gasteiger partial charge in [0, 0.05) is 29.1 Å². The van der Waals surface area contributed by atoms with E-state index in [1.54, 1.807) is 0 Å². The van der Waals surface area contributed by atoms with Gasteiger partial charge in [0.1, 0.15) is 0 Å². The van der Waals surface area contributed by atoms with Crippen LogP contribution in [0.2, 0.25) is 0 Å². The van der Waals surface area contributed by atoms with E-state index in [1.807, 2.05) is 55.6 Å². The summed E-state index contributed by atoms with van der Waals surface area (Å²) in [5, 5.41) is 1.05. The third kappa shape index (κ3) is 2.25. The quantitative estimate of drug-likeness (QED) is 0.705. The van der Waals surface area contributed by atoms with E-state index in [-0.39, 0.29) is 5.78 Å². The molecule has 1 N–H and O–H groups in total. The standard InChI is InChI=1S/C18H17NO/c1-12-6-8-14(9-7-12)10-17(20)15-11-19-16-5-3-4-13(2)18(15)16/h3-9,11,19H,10H2,1-2H3. The summed E-state index contributed by atoms with van der Waals surface area (Å²) in [6, 6.07) is 14.2. The SMILES string of the molecule is Cc1ccc(CC(=O)c2c[nH]c3cccc(C)c23)cc1. The third-order valence-electron chi connectivity index (χ3n) is 3.70. The Morgan fingerprint density at radius 1 is 1.05 bits per heavy atom. The first-order chi connectivity index (χ1) is 9.65. The maximum Gasteiger partial charge on any atom is 0.169 e. The maximum atomic E-state index is 12.5. The predicted molar refractivity (Wildman–Crippen MR) is 82.2 cm³/mol. The Morgan fingerprint density at radius 2 is 1.80 bits per heavy atom. The molecule has 2 aromatic carbocycles. The molecule has 0 spiro atoms. The number of benzene rings is 2. The Balaban J connectivity index is 1.95. The first-order valence-electron chi connectivity index (χ1n) is 6.80. The molecule has 0 atom stereocenters. The molecule has 2 heteroatoms. The van der Waals surface area contributed by atoms with Gasteiger partial charge >= 0.3 is 0 Å². The number of aromatic nitrogens is 1. The van der Waals surface area contributed by atoms with Crippen LogP contribution in [0, 0.1) is 13.8 Å². The number of hydrogen-bond donors (Lipinski definition) is 1. The van der Waals surface area contributed by atoms with E-state index in [9.17, 15) is 4.79 Å². The van der Waals surface area contributed by atoms with Gasteiger partial charge in [-0.05, 0) is 31.0 Å². The molecule has 2 nitrogen and oxygen atoms in total. The fourth-order valence-corrected chi connectivity index (χ4v) is 2.57. The second-order valence-corrected chi connectivity index (χ2v) is 5.29. The predicted octanol–water partition coefficient (Wildman–Crippen LogP) is 4.21. The minimum Gasteiger partial charge on any atom is -0.360 e. The van der Waals surface area contributed by atoms with E-state index in [0.29, 0.717) is 6.42 Å². The van der Waals surface area contributed by atoms with Crippen molar-refractivity contribution in [3.8, 4) is 0 Å². The molecule has 1 aromatic heterocycles. The van der Waals surface area contributed by atoms with Gasteiger partial charge in [-0.1, -0.05) is 42.0 Å². The Kier molecular flexibility index (Phi) is 3.15. The number of carbonyl (C=O) groups excluding carboxylic acids is 1. The maximum absolute atomic E-state index is 12.5. The highest BCUT2D eigenvalue weighted by atomic mass is 16.1. The van der Waals surface area contributed by atoms with E-state index in [0.717, 1.165) is 27.6 Å². The normalized spacial score (nSPS) is 10.9. The van der Waals surface area contributed by atoms with E-state index >= 15 is 0 Å². The zero-order valence-electron chi connectivity index (χ0n) is 11.7. The van der Waals surface area contributed by atoms with Gasteiger partial charge in [0.05, 0.1) is 0 Å². The van der Waals surface area contributed by atoms with Crippen molar-refractivity contribution >= 4 is 16.7 Å². The first kappa shape index (κ1) is 12.7. The van der Waals surface area contributed by atoms with E-state index in [1.165, 1.54) is 5.56 Å². The topological polar surface area (TPSA) is 32.9 Å². The highest BCUT2D eigenvalue weighted by Crippen LogP contribution is 2.23. The van der Waals surface area contributed by atoms with E-state index in [4.69, 9.17) is 0 Å². The number of Topliss-reactive ketones (excluding diaryl/α,β-unsaturated/α-hetero) is 1. The lowest BCUT2D eigenvalue weighted by molar-refractivity contribution is 0.0994. The van der Waals surface area contributed by atoms with Gasteiger partial charge in [-0.3, -0.25) is 4.79 Å². The summed E-state index contributed by atoms with van der Waals surface area (Å²) in [5.74, 6) is 0.161. The van der Waals surface area contributed by atoms with Crippen LogP contribution in [0.15, 0.2) is 48.7 Å². The molecule has 3 rings (SSSR count). The number of hydrogen-bond acceptors (Lipinski definition) is 1. The van der Waals surface area contributed by atoms with Crippen molar-refractivity contribution in [2.24, 2.45) is 0 Å². The lowest BCUT2D eigenvalue weighted by Crippen LogP contribution is -2.03. The molecule has 0 bridgehead atoms. The van der Waals surface area contributed by atoms with Crippen LogP contribution < -0.4 is 0 Å². The van der Waals surface area contributed by atoms with Crippen molar-refractivity contribution in [1.82, 2.24) is 4.98 Å². The lowest BCUT2D eigenvalue weighted by atomic mass is 9.99. The number of ketones is 1. The average molecular weight is 263 g/mol.